The van der Waals surface area contributed by atoms with Gasteiger partial charge in [0.05, 0.1) is 12.6 Å². The van der Waals surface area contributed by atoms with E-state index in [4.69, 9.17) is 5.11 Å². The third kappa shape index (κ3) is 3.81. The maximum Gasteiger partial charge on any atom is 0.239 e. The van der Waals surface area contributed by atoms with Crippen molar-refractivity contribution in [1.82, 2.24) is 15.1 Å². The summed E-state index contributed by atoms with van der Waals surface area (Å²) in [5.74, 6) is 0.265. The maximum absolute atomic E-state index is 12.1. The topological polar surface area (TPSA) is 55.8 Å². The Hall–Kier alpha value is -0.360. The van der Waals surface area contributed by atoms with Crippen molar-refractivity contribution in [2.24, 2.45) is 0 Å². The highest BCUT2D eigenvalue weighted by Crippen LogP contribution is 2.10. The second-order valence-corrected chi connectivity index (χ2v) is 4.54. The molecule has 0 aromatic carbocycles. The van der Waals surface area contributed by atoms with E-state index in [0.717, 1.165) is 52.1 Å². The van der Waals surface area contributed by atoms with Crippen molar-refractivity contribution in [1.29, 1.82) is 0 Å². The first-order chi connectivity index (χ1) is 7.81. The van der Waals surface area contributed by atoms with E-state index < -0.39 is 0 Å². The number of aliphatic hydroxyl groups excluding tert-OH is 1. The summed E-state index contributed by atoms with van der Waals surface area (Å²) >= 11 is 0. The van der Waals surface area contributed by atoms with E-state index in [0.29, 0.717) is 0 Å². The molecule has 5 nitrogen and oxygen atoms in total. The highest BCUT2D eigenvalue weighted by atomic mass is 35.5. The molecule has 0 aromatic heterocycles. The van der Waals surface area contributed by atoms with E-state index in [1.54, 1.807) is 0 Å². The molecule has 0 aliphatic carbocycles. The van der Waals surface area contributed by atoms with Crippen LogP contribution in [-0.2, 0) is 4.79 Å². The summed E-state index contributed by atoms with van der Waals surface area (Å²) in [5, 5.41) is 12.1. The molecule has 17 heavy (non-hydrogen) atoms. The molecule has 2 aliphatic rings. The van der Waals surface area contributed by atoms with E-state index in [1.807, 2.05) is 4.90 Å². The number of nitrogens with zero attached hydrogens (tertiary/aromatic N) is 2. The molecule has 2 aliphatic heterocycles. The summed E-state index contributed by atoms with van der Waals surface area (Å²) in [5.41, 5.74) is 0. The van der Waals surface area contributed by atoms with Crippen LogP contribution in [0.4, 0.5) is 0 Å². The van der Waals surface area contributed by atoms with Gasteiger partial charge in [0.2, 0.25) is 5.91 Å². The van der Waals surface area contributed by atoms with Crippen molar-refractivity contribution < 1.29 is 9.90 Å². The van der Waals surface area contributed by atoms with Gasteiger partial charge in [0.15, 0.2) is 0 Å². The SMILES string of the molecule is Cl.O=C([C@@H]1CCCN1)N1CCN(CCO)CC1. The fraction of sp³-hybridized carbons (Fsp3) is 0.909. The first-order valence-corrected chi connectivity index (χ1v) is 6.16. The molecule has 1 atom stereocenters. The summed E-state index contributed by atoms with van der Waals surface area (Å²) < 4.78 is 0. The molecular formula is C11H22ClN3O2. The second kappa shape index (κ2) is 7.16. The standard InChI is InChI=1S/C11H21N3O2.ClH/c15-9-8-13-4-6-14(7-5-13)11(16)10-2-1-3-12-10;/h10,12,15H,1-9H2;1H/t10-;/m0./s1. The minimum Gasteiger partial charge on any atom is -0.395 e. The normalized spacial score (nSPS) is 25.7. The Labute approximate surface area is 109 Å². The van der Waals surface area contributed by atoms with Gasteiger partial charge in [-0.25, -0.2) is 0 Å². The summed E-state index contributed by atoms with van der Waals surface area (Å²) in [4.78, 5) is 16.2. The van der Waals surface area contributed by atoms with Crippen LogP contribution in [0.25, 0.3) is 0 Å². The van der Waals surface area contributed by atoms with Crippen molar-refractivity contribution in [2.75, 3.05) is 45.9 Å². The lowest BCUT2D eigenvalue weighted by Crippen LogP contribution is -2.53. The fourth-order valence-electron chi connectivity index (χ4n) is 2.45. The molecule has 0 spiro atoms. The van der Waals surface area contributed by atoms with Gasteiger partial charge < -0.3 is 15.3 Å². The minimum atomic E-state index is 0. The number of hydrogen-bond acceptors (Lipinski definition) is 4. The molecule has 2 rings (SSSR count). The average molecular weight is 264 g/mol. The van der Waals surface area contributed by atoms with Crippen molar-refractivity contribution in [3.63, 3.8) is 0 Å². The molecule has 0 aromatic rings. The first-order valence-electron chi connectivity index (χ1n) is 6.16. The number of halogens is 1. The Balaban J connectivity index is 0.00000144. The minimum absolute atomic E-state index is 0. The van der Waals surface area contributed by atoms with Crippen LogP contribution in [0.1, 0.15) is 12.8 Å². The summed E-state index contributed by atoms with van der Waals surface area (Å²) in [6, 6.07) is 0.0596. The largest absolute Gasteiger partial charge is 0.395 e. The van der Waals surface area contributed by atoms with Crippen molar-refractivity contribution in [2.45, 2.75) is 18.9 Å². The van der Waals surface area contributed by atoms with Crippen molar-refractivity contribution in [3.8, 4) is 0 Å². The van der Waals surface area contributed by atoms with Crippen molar-refractivity contribution >= 4 is 18.3 Å². The lowest BCUT2D eigenvalue weighted by Gasteiger charge is -2.35. The molecule has 0 saturated carbocycles. The molecule has 1 amide bonds. The van der Waals surface area contributed by atoms with Crippen LogP contribution < -0.4 is 5.32 Å². The van der Waals surface area contributed by atoms with E-state index in [2.05, 4.69) is 10.2 Å². The molecule has 2 fully saturated rings. The third-order valence-corrected chi connectivity index (χ3v) is 3.46. The zero-order chi connectivity index (χ0) is 11.4. The smallest absolute Gasteiger partial charge is 0.239 e. The zero-order valence-electron chi connectivity index (χ0n) is 10.1. The van der Waals surface area contributed by atoms with Crippen molar-refractivity contribution in [3.05, 3.63) is 0 Å². The number of piperazine rings is 1. The molecule has 100 valence electrons. The Morgan fingerprint density at radius 1 is 1.29 bits per heavy atom. The molecule has 0 unspecified atom stereocenters. The summed E-state index contributed by atoms with van der Waals surface area (Å²) in [6.45, 7) is 5.29. The summed E-state index contributed by atoms with van der Waals surface area (Å²) in [6.07, 6.45) is 2.09. The summed E-state index contributed by atoms with van der Waals surface area (Å²) in [7, 11) is 0. The van der Waals surface area contributed by atoms with Crippen LogP contribution in [0.2, 0.25) is 0 Å². The molecular weight excluding hydrogens is 242 g/mol. The van der Waals surface area contributed by atoms with Gasteiger partial charge in [0.1, 0.15) is 0 Å². The number of carbonyl (C=O) groups excluding carboxylic acids is 1. The third-order valence-electron chi connectivity index (χ3n) is 3.46. The maximum atomic E-state index is 12.1. The number of aliphatic hydroxyl groups is 1. The Morgan fingerprint density at radius 3 is 2.53 bits per heavy atom. The van der Waals surface area contributed by atoms with E-state index >= 15 is 0 Å². The van der Waals surface area contributed by atoms with Gasteiger partial charge in [-0.3, -0.25) is 9.69 Å². The Kier molecular flexibility index (Phi) is 6.19. The van der Waals surface area contributed by atoms with E-state index in [-0.39, 0.29) is 31.0 Å². The quantitative estimate of drug-likeness (QED) is 0.707. The number of hydrogen-bond donors (Lipinski definition) is 2. The zero-order valence-corrected chi connectivity index (χ0v) is 10.9. The number of amides is 1. The van der Waals surface area contributed by atoms with Crippen LogP contribution in [0, 0.1) is 0 Å². The Morgan fingerprint density at radius 2 is 2.00 bits per heavy atom. The number of carbonyl (C=O) groups is 1. The fourth-order valence-corrected chi connectivity index (χ4v) is 2.45. The van der Waals surface area contributed by atoms with Crippen LogP contribution >= 0.6 is 12.4 Å². The van der Waals surface area contributed by atoms with Crippen LogP contribution in [0.3, 0.4) is 0 Å². The molecule has 0 radical (unpaired) electrons. The van der Waals surface area contributed by atoms with Crippen LogP contribution in [0.5, 0.6) is 0 Å². The lowest BCUT2D eigenvalue weighted by atomic mass is 10.2. The van der Waals surface area contributed by atoms with Gasteiger partial charge in [-0.1, -0.05) is 0 Å². The Bertz CT molecular complexity index is 239. The predicted molar refractivity (Wildman–Crippen MR) is 68.4 cm³/mol. The van der Waals surface area contributed by atoms with Crippen LogP contribution in [-0.4, -0.2) is 72.7 Å². The van der Waals surface area contributed by atoms with Gasteiger partial charge >= 0.3 is 0 Å². The van der Waals surface area contributed by atoms with E-state index in [1.165, 1.54) is 0 Å². The highest BCUT2D eigenvalue weighted by molar-refractivity contribution is 5.85. The molecule has 6 heteroatoms. The molecule has 2 heterocycles. The molecule has 2 N–H and O–H groups in total. The number of β-amino-alcohol motifs (C(OH)–C–C–N with tert-alkyl or cyclic N) is 1. The highest BCUT2D eigenvalue weighted by Gasteiger charge is 2.28. The second-order valence-electron chi connectivity index (χ2n) is 4.54. The van der Waals surface area contributed by atoms with Gasteiger partial charge in [-0.05, 0) is 19.4 Å². The first kappa shape index (κ1) is 14.7. The monoisotopic (exact) mass is 263 g/mol. The van der Waals surface area contributed by atoms with Gasteiger partial charge in [0.25, 0.3) is 0 Å². The predicted octanol–water partition coefficient (Wildman–Crippen LogP) is -0.703. The van der Waals surface area contributed by atoms with Gasteiger partial charge in [-0.2, -0.15) is 0 Å². The van der Waals surface area contributed by atoms with Crippen LogP contribution in [0.15, 0.2) is 0 Å². The number of nitrogens with one attached hydrogen (secondary N) is 1. The lowest BCUT2D eigenvalue weighted by molar-refractivity contribution is -0.134. The van der Waals surface area contributed by atoms with E-state index in [9.17, 15) is 4.79 Å². The van der Waals surface area contributed by atoms with Gasteiger partial charge in [0, 0.05) is 32.7 Å². The molecule has 0 bridgehead atoms. The van der Waals surface area contributed by atoms with Gasteiger partial charge in [-0.15, -0.1) is 12.4 Å². The average Bonchev–Trinajstić information content (AvgIpc) is 2.83. The molecule has 2 saturated heterocycles. The number of rotatable bonds is 3.